The van der Waals surface area contributed by atoms with Gasteiger partial charge in [0.25, 0.3) is 0 Å². The molecule has 0 aromatic heterocycles. The van der Waals surface area contributed by atoms with E-state index in [2.05, 4.69) is 20.8 Å². The predicted molar refractivity (Wildman–Crippen MR) is 173 cm³/mol. The first-order valence-corrected chi connectivity index (χ1v) is 18.0. The van der Waals surface area contributed by atoms with Crippen molar-refractivity contribution in [1.82, 2.24) is 0 Å². The number of hydrogen-bond acceptors (Lipinski definition) is 5. The fourth-order valence-electron chi connectivity index (χ4n) is 5.29. The summed E-state index contributed by atoms with van der Waals surface area (Å²) in [6, 6.07) is 0. The van der Waals surface area contributed by atoms with Crippen LogP contribution in [-0.4, -0.2) is 36.4 Å². The molecule has 1 unspecified atom stereocenters. The lowest BCUT2D eigenvalue weighted by Crippen LogP contribution is -2.28. The van der Waals surface area contributed by atoms with Gasteiger partial charge in [0.15, 0.2) is 6.10 Å². The zero-order chi connectivity index (χ0) is 30.2. The van der Waals surface area contributed by atoms with E-state index in [9.17, 15) is 14.7 Å². The summed E-state index contributed by atoms with van der Waals surface area (Å²) in [5, 5.41) is 9.50. The van der Waals surface area contributed by atoms with Crippen molar-refractivity contribution in [2.24, 2.45) is 5.92 Å². The molecule has 0 saturated heterocycles. The zero-order valence-corrected chi connectivity index (χ0v) is 27.7. The third kappa shape index (κ3) is 30.2. The number of esters is 2. The molecule has 0 aliphatic heterocycles. The molecule has 1 N–H and O–H groups in total. The smallest absolute Gasteiger partial charge is 0.306 e. The van der Waals surface area contributed by atoms with Gasteiger partial charge in [0.1, 0.15) is 6.61 Å². The number of rotatable bonds is 32. The van der Waals surface area contributed by atoms with Gasteiger partial charge in [-0.1, -0.05) is 168 Å². The van der Waals surface area contributed by atoms with Crippen LogP contribution in [0.1, 0.15) is 194 Å². The van der Waals surface area contributed by atoms with E-state index in [1.165, 1.54) is 128 Å². The van der Waals surface area contributed by atoms with Gasteiger partial charge in [-0.2, -0.15) is 0 Å². The SMILES string of the molecule is CCCCCCCCCCCCCCCCCCCC(=O)OC[C@H](CO)OC(=O)CCCCCCCCC(C)CC. The molecule has 0 aliphatic rings. The van der Waals surface area contributed by atoms with Crippen LogP contribution in [0.3, 0.4) is 0 Å². The Kier molecular flexibility index (Phi) is 31.0. The molecular weight excluding hydrogens is 512 g/mol. The first-order valence-electron chi connectivity index (χ1n) is 18.0. The predicted octanol–water partition coefficient (Wildman–Crippen LogP) is 10.6. The average Bonchev–Trinajstić information content (AvgIpc) is 2.97. The monoisotopic (exact) mass is 583 g/mol. The third-order valence-electron chi connectivity index (χ3n) is 8.44. The van der Waals surface area contributed by atoms with Gasteiger partial charge in [0.2, 0.25) is 0 Å². The summed E-state index contributed by atoms with van der Waals surface area (Å²) in [5.74, 6) is 0.242. The molecule has 0 aliphatic carbocycles. The lowest BCUT2D eigenvalue weighted by molar-refractivity contribution is -0.161. The molecule has 0 saturated carbocycles. The Bertz CT molecular complexity index is 564. The number of aliphatic hydroxyl groups is 1. The van der Waals surface area contributed by atoms with Gasteiger partial charge in [0.05, 0.1) is 6.61 Å². The Labute approximate surface area is 255 Å². The fourth-order valence-corrected chi connectivity index (χ4v) is 5.29. The van der Waals surface area contributed by atoms with E-state index in [0.717, 1.165) is 38.0 Å². The molecule has 5 nitrogen and oxygen atoms in total. The molecule has 0 bridgehead atoms. The minimum Gasteiger partial charge on any atom is -0.462 e. The number of hydrogen-bond donors (Lipinski definition) is 1. The molecule has 0 amide bonds. The molecule has 0 aromatic carbocycles. The van der Waals surface area contributed by atoms with Crippen LogP contribution in [0.2, 0.25) is 0 Å². The van der Waals surface area contributed by atoms with Crippen molar-refractivity contribution in [2.75, 3.05) is 13.2 Å². The van der Waals surface area contributed by atoms with E-state index in [1.807, 2.05) is 0 Å². The summed E-state index contributed by atoms with van der Waals surface area (Å²) >= 11 is 0. The van der Waals surface area contributed by atoms with Crippen molar-refractivity contribution in [2.45, 2.75) is 200 Å². The van der Waals surface area contributed by atoms with Gasteiger partial charge in [0, 0.05) is 12.8 Å². The number of unbranched alkanes of at least 4 members (excludes halogenated alkanes) is 21. The maximum Gasteiger partial charge on any atom is 0.306 e. The van der Waals surface area contributed by atoms with Gasteiger partial charge < -0.3 is 14.6 Å². The molecule has 244 valence electrons. The third-order valence-corrected chi connectivity index (χ3v) is 8.44. The molecule has 2 atom stereocenters. The maximum atomic E-state index is 12.1. The van der Waals surface area contributed by atoms with E-state index < -0.39 is 6.10 Å². The van der Waals surface area contributed by atoms with Gasteiger partial charge >= 0.3 is 11.9 Å². The van der Waals surface area contributed by atoms with Crippen molar-refractivity contribution in [1.29, 1.82) is 0 Å². The Morgan fingerprint density at radius 3 is 1.37 bits per heavy atom. The second-order valence-electron chi connectivity index (χ2n) is 12.6. The van der Waals surface area contributed by atoms with Gasteiger partial charge in [-0.15, -0.1) is 0 Å². The molecule has 41 heavy (non-hydrogen) atoms. The molecular formula is C36H70O5. The molecule has 0 heterocycles. The summed E-state index contributed by atoms with van der Waals surface area (Å²) in [7, 11) is 0. The van der Waals surface area contributed by atoms with E-state index in [1.54, 1.807) is 0 Å². The lowest BCUT2D eigenvalue weighted by atomic mass is 10.00. The standard InChI is InChI=1S/C36H70O5/c1-4-6-7-8-9-10-11-12-13-14-15-16-17-18-19-23-26-29-35(38)40-32-34(31-37)41-36(39)30-27-24-21-20-22-25-28-33(3)5-2/h33-34,37H,4-32H2,1-3H3/t33?,34-/m0/s1. The normalized spacial score (nSPS) is 12.8. The summed E-state index contributed by atoms with van der Waals surface area (Å²) in [6.07, 6.45) is 31.6. The maximum absolute atomic E-state index is 12.1. The topological polar surface area (TPSA) is 72.8 Å². The van der Waals surface area contributed by atoms with Crippen LogP contribution in [0.15, 0.2) is 0 Å². The highest BCUT2D eigenvalue weighted by Crippen LogP contribution is 2.16. The van der Waals surface area contributed by atoms with E-state index >= 15 is 0 Å². The summed E-state index contributed by atoms with van der Waals surface area (Å²) in [5.41, 5.74) is 0. The van der Waals surface area contributed by atoms with Gasteiger partial charge in [-0.05, 0) is 18.8 Å². The summed E-state index contributed by atoms with van der Waals surface area (Å²) in [4.78, 5) is 24.1. The van der Waals surface area contributed by atoms with Crippen LogP contribution in [-0.2, 0) is 19.1 Å². The van der Waals surface area contributed by atoms with E-state index in [4.69, 9.17) is 9.47 Å². The minimum atomic E-state index is -0.762. The van der Waals surface area contributed by atoms with Gasteiger partial charge in [-0.25, -0.2) is 0 Å². The lowest BCUT2D eigenvalue weighted by Gasteiger charge is -2.15. The number of aliphatic hydroxyl groups excluding tert-OH is 1. The van der Waals surface area contributed by atoms with Crippen LogP contribution >= 0.6 is 0 Å². The first kappa shape index (κ1) is 39.9. The van der Waals surface area contributed by atoms with Crippen molar-refractivity contribution >= 4 is 11.9 Å². The second kappa shape index (κ2) is 31.8. The first-order chi connectivity index (χ1) is 20.0. The highest BCUT2D eigenvalue weighted by Gasteiger charge is 2.16. The van der Waals surface area contributed by atoms with Crippen molar-refractivity contribution in [3.05, 3.63) is 0 Å². The van der Waals surface area contributed by atoms with Crippen LogP contribution in [0.4, 0.5) is 0 Å². The van der Waals surface area contributed by atoms with E-state index in [0.29, 0.717) is 12.8 Å². The summed E-state index contributed by atoms with van der Waals surface area (Å²) < 4.78 is 10.6. The number of ether oxygens (including phenoxy) is 2. The van der Waals surface area contributed by atoms with E-state index in [-0.39, 0.29) is 25.2 Å². The number of carbonyl (C=O) groups is 2. The molecule has 0 fully saturated rings. The molecule has 5 heteroatoms. The minimum absolute atomic E-state index is 0.0593. The van der Waals surface area contributed by atoms with Crippen LogP contribution < -0.4 is 0 Å². The quantitative estimate of drug-likeness (QED) is 0.0631. The van der Waals surface area contributed by atoms with Crippen molar-refractivity contribution in [3.8, 4) is 0 Å². The molecule has 0 spiro atoms. The Hall–Kier alpha value is -1.10. The second-order valence-corrected chi connectivity index (χ2v) is 12.6. The van der Waals surface area contributed by atoms with Gasteiger partial charge in [-0.3, -0.25) is 9.59 Å². The Balaban J connectivity index is 3.51. The zero-order valence-electron chi connectivity index (χ0n) is 27.7. The van der Waals surface area contributed by atoms with Crippen LogP contribution in [0.25, 0.3) is 0 Å². The van der Waals surface area contributed by atoms with Crippen LogP contribution in [0.5, 0.6) is 0 Å². The fraction of sp³-hybridized carbons (Fsp3) is 0.944. The largest absolute Gasteiger partial charge is 0.462 e. The average molecular weight is 583 g/mol. The highest BCUT2D eigenvalue weighted by molar-refractivity contribution is 5.70. The Morgan fingerprint density at radius 2 is 0.951 bits per heavy atom. The van der Waals surface area contributed by atoms with Crippen molar-refractivity contribution < 1.29 is 24.2 Å². The Morgan fingerprint density at radius 1 is 0.561 bits per heavy atom. The molecule has 0 aromatic rings. The molecule has 0 radical (unpaired) electrons. The summed E-state index contributed by atoms with van der Waals surface area (Å²) in [6.45, 7) is 6.45. The van der Waals surface area contributed by atoms with Crippen LogP contribution in [0, 0.1) is 5.92 Å². The van der Waals surface area contributed by atoms with Crippen molar-refractivity contribution in [3.63, 3.8) is 0 Å². The number of carbonyl (C=O) groups excluding carboxylic acids is 2. The molecule has 0 rings (SSSR count). The highest BCUT2D eigenvalue weighted by atomic mass is 16.6.